The average molecular weight is 270 g/mol. The number of hydrogen-bond acceptors (Lipinski definition) is 5. The quantitative estimate of drug-likeness (QED) is 0.805. The van der Waals surface area contributed by atoms with Gasteiger partial charge in [0, 0.05) is 26.0 Å². The van der Waals surface area contributed by atoms with E-state index in [1.807, 2.05) is 17.5 Å². The third-order valence-corrected chi connectivity index (χ3v) is 2.94. The van der Waals surface area contributed by atoms with E-state index in [9.17, 15) is 0 Å². The molecule has 1 atom stereocenters. The Kier molecular flexibility index (Phi) is 4.33. The fourth-order valence-electron chi connectivity index (χ4n) is 1.68. The van der Waals surface area contributed by atoms with Crippen molar-refractivity contribution in [1.29, 1.82) is 0 Å². The lowest BCUT2D eigenvalue weighted by atomic mass is 10.3. The SMILES string of the molecule is COCC(Cl)CCNc1nccn2c(C)nnc12. The van der Waals surface area contributed by atoms with Gasteiger partial charge in [0.2, 0.25) is 5.65 Å². The van der Waals surface area contributed by atoms with Crippen LogP contribution < -0.4 is 5.32 Å². The smallest absolute Gasteiger partial charge is 0.203 e. The van der Waals surface area contributed by atoms with Gasteiger partial charge < -0.3 is 10.1 Å². The van der Waals surface area contributed by atoms with Crippen LogP contribution in [0.5, 0.6) is 0 Å². The van der Waals surface area contributed by atoms with Crippen molar-refractivity contribution in [2.24, 2.45) is 0 Å². The molecule has 1 unspecified atom stereocenters. The number of halogens is 1. The van der Waals surface area contributed by atoms with Gasteiger partial charge in [-0.05, 0) is 13.3 Å². The lowest BCUT2D eigenvalue weighted by molar-refractivity contribution is 0.196. The standard InChI is InChI=1S/C11H16ClN5O/c1-8-15-16-11-10(14-5-6-17(8)11)13-4-3-9(12)7-18-2/h5-6,9H,3-4,7H2,1-2H3,(H,13,14). The number of rotatable bonds is 6. The molecule has 0 aliphatic heterocycles. The fourth-order valence-corrected chi connectivity index (χ4v) is 1.91. The molecule has 0 aliphatic rings. The minimum Gasteiger partial charge on any atom is -0.383 e. The molecule has 2 rings (SSSR count). The zero-order chi connectivity index (χ0) is 13.0. The maximum atomic E-state index is 6.05. The summed E-state index contributed by atoms with van der Waals surface area (Å²) in [5.41, 5.74) is 0.730. The molecule has 0 bridgehead atoms. The molecule has 2 aromatic heterocycles. The van der Waals surface area contributed by atoms with Gasteiger partial charge in [-0.2, -0.15) is 0 Å². The molecular weight excluding hydrogens is 254 g/mol. The van der Waals surface area contributed by atoms with E-state index in [0.717, 1.165) is 30.3 Å². The van der Waals surface area contributed by atoms with Gasteiger partial charge in [0.15, 0.2) is 5.82 Å². The zero-order valence-corrected chi connectivity index (χ0v) is 11.2. The van der Waals surface area contributed by atoms with Gasteiger partial charge in [-0.25, -0.2) is 4.98 Å². The second-order valence-electron chi connectivity index (χ2n) is 3.98. The molecule has 2 heterocycles. The summed E-state index contributed by atoms with van der Waals surface area (Å²) >= 11 is 6.05. The Labute approximate surface area is 110 Å². The molecule has 6 nitrogen and oxygen atoms in total. The molecule has 18 heavy (non-hydrogen) atoms. The molecule has 0 amide bonds. The van der Waals surface area contributed by atoms with E-state index in [1.54, 1.807) is 13.3 Å². The molecule has 2 aromatic rings. The first-order valence-electron chi connectivity index (χ1n) is 5.75. The minimum absolute atomic E-state index is 0.00170. The van der Waals surface area contributed by atoms with E-state index >= 15 is 0 Å². The van der Waals surface area contributed by atoms with Crippen LogP contribution in [0.25, 0.3) is 5.65 Å². The van der Waals surface area contributed by atoms with Crippen LogP contribution in [0.4, 0.5) is 5.82 Å². The molecule has 1 N–H and O–H groups in total. The van der Waals surface area contributed by atoms with E-state index in [-0.39, 0.29) is 5.38 Å². The number of hydrogen-bond donors (Lipinski definition) is 1. The second kappa shape index (κ2) is 5.97. The minimum atomic E-state index is 0.00170. The second-order valence-corrected chi connectivity index (χ2v) is 4.60. The molecular formula is C11H16ClN5O. The summed E-state index contributed by atoms with van der Waals surface area (Å²) in [6, 6.07) is 0. The molecule has 98 valence electrons. The third-order valence-electron chi connectivity index (χ3n) is 2.59. The number of nitrogens with one attached hydrogen (secondary N) is 1. The number of nitrogens with zero attached hydrogens (tertiary/aromatic N) is 4. The van der Waals surface area contributed by atoms with Crippen molar-refractivity contribution >= 4 is 23.1 Å². The Morgan fingerprint density at radius 2 is 2.33 bits per heavy atom. The summed E-state index contributed by atoms with van der Waals surface area (Å²) in [7, 11) is 1.64. The maximum absolute atomic E-state index is 6.05. The van der Waals surface area contributed by atoms with Crippen molar-refractivity contribution < 1.29 is 4.74 Å². The van der Waals surface area contributed by atoms with Crippen molar-refractivity contribution in [1.82, 2.24) is 19.6 Å². The number of ether oxygens (including phenoxy) is 1. The highest BCUT2D eigenvalue weighted by Crippen LogP contribution is 2.12. The number of aromatic nitrogens is 4. The highest BCUT2D eigenvalue weighted by Gasteiger charge is 2.08. The molecule has 0 spiro atoms. The summed E-state index contributed by atoms with van der Waals surface area (Å²) in [5, 5.41) is 11.3. The molecule has 0 radical (unpaired) electrons. The van der Waals surface area contributed by atoms with Crippen molar-refractivity contribution in [3.63, 3.8) is 0 Å². The highest BCUT2D eigenvalue weighted by molar-refractivity contribution is 6.20. The van der Waals surface area contributed by atoms with Crippen LogP contribution in [-0.2, 0) is 4.74 Å². The Morgan fingerprint density at radius 3 is 3.11 bits per heavy atom. The van der Waals surface area contributed by atoms with Crippen LogP contribution in [0.2, 0.25) is 0 Å². The monoisotopic (exact) mass is 269 g/mol. The van der Waals surface area contributed by atoms with Crippen LogP contribution in [0.15, 0.2) is 12.4 Å². The van der Waals surface area contributed by atoms with Crippen LogP contribution in [0.3, 0.4) is 0 Å². The van der Waals surface area contributed by atoms with Gasteiger partial charge in [-0.3, -0.25) is 4.40 Å². The first kappa shape index (κ1) is 13.0. The van der Waals surface area contributed by atoms with Crippen LogP contribution in [0.1, 0.15) is 12.2 Å². The van der Waals surface area contributed by atoms with E-state index in [2.05, 4.69) is 20.5 Å². The van der Waals surface area contributed by atoms with Gasteiger partial charge in [0.05, 0.1) is 12.0 Å². The molecule has 0 saturated heterocycles. The lowest BCUT2D eigenvalue weighted by Gasteiger charge is -2.09. The Bertz CT molecular complexity index is 515. The topological polar surface area (TPSA) is 64.3 Å². The summed E-state index contributed by atoms with van der Waals surface area (Å²) in [6.07, 6.45) is 4.36. The Hall–Kier alpha value is -1.40. The van der Waals surface area contributed by atoms with Gasteiger partial charge in [0.25, 0.3) is 0 Å². The van der Waals surface area contributed by atoms with Crippen molar-refractivity contribution in [3.05, 3.63) is 18.2 Å². The Morgan fingerprint density at radius 1 is 1.50 bits per heavy atom. The average Bonchev–Trinajstić information content (AvgIpc) is 2.73. The normalized spacial score (nSPS) is 12.8. The predicted molar refractivity (Wildman–Crippen MR) is 70.1 cm³/mol. The fraction of sp³-hybridized carbons (Fsp3) is 0.545. The summed E-state index contributed by atoms with van der Waals surface area (Å²) in [4.78, 5) is 4.25. The predicted octanol–water partition coefficient (Wildman–Crippen LogP) is 1.49. The summed E-state index contributed by atoms with van der Waals surface area (Å²) < 4.78 is 6.87. The van der Waals surface area contributed by atoms with Crippen LogP contribution in [0, 0.1) is 6.92 Å². The van der Waals surface area contributed by atoms with Crippen molar-refractivity contribution in [2.75, 3.05) is 25.6 Å². The highest BCUT2D eigenvalue weighted by atomic mass is 35.5. The maximum Gasteiger partial charge on any atom is 0.203 e. The number of fused-ring (bicyclic) bond motifs is 1. The molecule has 0 aromatic carbocycles. The number of aryl methyl sites for hydroxylation is 1. The summed E-state index contributed by atoms with van der Waals surface area (Å²) in [5.74, 6) is 1.56. The Balaban J connectivity index is 1.99. The van der Waals surface area contributed by atoms with Gasteiger partial charge in [0.1, 0.15) is 5.82 Å². The third kappa shape index (κ3) is 2.88. The number of alkyl halides is 1. The van der Waals surface area contributed by atoms with Gasteiger partial charge >= 0.3 is 0 Å². The lowest BCUT2D eigenvalue weighted by Crippen LogP contribution is -2.14. The molecule has 7 heteroatoms. The van der Waals surface area contributed by atoms with Gasteiger partial charge in [-0.1, -0.05) is 0 Å². The molecule has 0 aliphatic carbocycles. The summed E-state index contributed by atoms with van der Waals surface area (Å²) in [6.45, 7) is 3.16. The van der Waals surface area contributed by atoms with Crippen molar-refractivity contribution in [3.8, 4) is 0 Å². The van der Waals surface area contributed by atoms with Crippen LogP contribution in [-0.4, -0.2) is 45.2 Å². The molecule has 0 fully saturated rings. The van der Waals surface area contributed by atoms with E-state index in [0.29, 0.717) is 6.61 Å². The van der Waals surface area contributed by atoms with E-state index < -0.39 is 0 Å². The van der Waals surface area contributed by atoms with Crippen molar-refractivity contribution in [2.45, 2.75) is 18.7 Å². The first-order chi connectivity index (χ1) is 8.72. The number of anilines is 1. The van der Waals surface area contributed by atoms with Crippen LogP contribution >= 0.6 is 11.6 Å². The largest absolute Gasteiger partial charge is 0.383 e. The van der Waals surface area contributed by atoms with E-state index in [1.165, 1.54) is 0 Å². The van der Waals surface area contributed by atoms with Gasteiger partial charge in [-0.15, -0.1) is 21.8 Å². The van der Waals surface area contributed by atoms with E-state index in [4.69, 9.17) is 16.3 Å². The molecule has 0 saturated carbocycles. The first-order valence-corrected chi connectivity index (χ1v) is 6.19. The number of methoxy groups -OCH3 is 1. The zero-order valence-electron chi connectivity index (χ0n) is 10.4.